The molecule has 0 saturated carbocycles. The molecular weight excluding hydrogens is 545 g/mol. The normalized spacial score (nSPS) is 12.6. The molecule has 10 nitrogen and oxygen atoms in total. The molecule has 194 valence electrons. The Balaban J connectivity index is 1.80. The second kappa shape index (κ2) is 9.95. The van der Waals surface area contributed by atoms with Crippen molar-refractivity contribution in [3.05, 3.63) is 80.5 Å². The molecule has 1 atom stereocenters. The maximum Gasteiger partial charge on any atom is 0.416 e. The van der Waals surface area contributed by atoms with Crippen LogP contribution in [0.15, 0.2) is 47.3 Å². The number of aliphatic hydroxyl groups is 1. The summed E-state index contributed by atoms with van der Waals surface area (Å²) in [6.07, 6.45) is -7.87. The number of rotatable bonds is 7. The largest absolute Gasteiger partial charge is 0.416 e. The van der Waals surface area contributed by atoms with Gasteiger partial charge in [0.1, 0.15) is 18.0 Å². The minimum absolute atomic E-state index is 0.119. The van der Waals surface area contributed by atoms with Crippen LogP contribution >= 0.6 is 23.2 Å². The Morgan fingerprint density at radius 1 is 1.11 bits per heavy atom. The first-order valence-corrected chi connectivity index (χ1v) is 11.0. The molecule has 0 aliphatic carbocycles. The molecular formula is C21H15Cl2F4N7O3. The number of alkyl halides is 3. The number of hydrogen-bond donors (Lipinski definition) is 2. The minimum Gasteiger partial charge on any atom is -0.382 e. The van der Waals surface area contributed by atoms with Crippen LogP contribution in [0.3, 0.4) is 0 Å². The average molecular weight is 560 g/mol. The predicted molar refractivity (Wildman–Crippen MR) is 123 cm³/mol. The van der Waals surface area contributed by atoms with Crippen molar-refractivity contribution < 1.29 is 27.5 Å². The van der Waals surface area contributed by atoms with E-state index >= 15 is 0 Å². The van der Waals surface area contributed by atoms with E-state index in [1.807, 2.05) is 0 Å². The van der Waals surface area contributed by atoms with E-state index < -0.39 is 48.6 Å². The Hall–Kier alpha value is -3.75. The molecule has 2 heterocycles. The Kier molecular flexibility index (Phi) is 7.08. The van der Waals surface area contributed by atoms with Crippen LogP contribution in [-0.2, 0) is 13.1 Å². The van der Waals surface area contributed by atoms with E-state index in [0.717, 1.165) is 15.4 Å². The zero-order valence-electron chi connectivity index (χ0n) is 18.3. The topological polar surface area (TPSA) is 134 Å². The zero-order chi connectivity index (χ0) is 27.1. The van der Waals surface area contributed by atoms with Gasteiger partial charge in [-0.25, -0.2) is 23.5 Å². The SMILES string of the molecule is NC(=O)c1nc(Cn2nc(-c3ccc(Cl)cc3)n(CC(O)C(F)(F)F)c2=O)nn1-c1c(F)cccc1Cl. The summed E-state index contributed by atoms with van der Waals surface area (Å²) < 4.78 is 55.7. The second-order valence-corrected chi connectivity index (χ2v) is 8.48. The maximum absolute atomic E-state index is 14.4. The fourth-order valence-corrected chi connectivity index (χ4v) is 3.73. The molecule has 4 aromatic rings. The lowest BCUT2D eigenvalue weighted by atomic mass is 10.2. The lowest BCUT2D eigenvalue weighted by Crippen LogP contribution is -2.37. The molecule has 0 radical (unpaired) electrons. The number of nitrogens with zero attached hydrogens (tertiary/aromatic N) is 6. The first kappa shape index (κ1) is 26.3. The number of aromatic nitrogens is 6. The van der Waals surface area contributed by atoms with Crippen LogP contribution in [0.2, 0.25) is 10.0 Å². The van der Waals surface area contributed by atoms with Crippen molar-refractivity contribution in [2.45, 2.75) is 25.4 Å². The molecule has 1 amide bonds. The lowest BCUT2D eigenvalue weighted by molar-refractivity contribution is -0.207. The van der Waals surface area contributed by atoms with Gasteiger partial charge >= 0.3 is 11.9 Å². The summed E-state index contributed by atoms with van der Waals surface area (Å²) in [5.74, 6) is -2.92. The standard InChI is InChI=1S/C21H15Cl2F4N7O3/c22-11-6-4-10(5-7-11)18-31-33(20(37)32(18)8-14(35)21(25,26)27)9-15-29-19(17(28)36)34(30-15)16-12(23)2-1-3-13(16)24/h1-7,14,35H,8-9H2,(H2,28,36). The molecule has 0 aliphatic rings. The van der Waals surface area contributed by atoms with Crippen molar-refractivity contribution in [3.8, 4) is 17.1 Å². The predicted octanol–water partition coefficient (Wildman–Crippen LogP) is 2.81. The van der Waals surface area contributed by atoms with E-state index in [1.165, 1.54) is 36.4 Å². The van der Waals surface area contributed by atoms with Gasteiger partial charge in [0.15, 0.2) is 17.8 Å². The Bertz CT molecular complexity index is 1510. The van der Waals surface area contributed by atoms with Gasteiger partial charge in [-0.3, -0.25) is 9.36 Å². The van der Waals surface area contributed by atoms with Crippen molar-refractivity contribution in [2.24, 2.45) is 5.73 Å². The highest BCUT2D eigenvalue weighted by atomic mass is 35.5. The third kappa shape index (κ3) is 5.35. The van der Waals surface area contributed by atoms with Gasteiger partial charge in [-0.2, -0.15) is 13.2 Å². The molecule has 0 fully saturated rings. The minimum atomic E-state index is -5.01. The van der Waals surface area contributed by atoms with Crippen LogP contribution < -0.4 is 11.4 Å². The zero-order valence-corrected chi connectivity index (χ0v) is 19.8. The number of aliphatic hydroxyl groups excluding tert-OH is 1. The number of primary amides is 1. The molecule has 2 aromatic heterocycles. The van der Waals surface area contributed by atoms with Gasteiger partial charge in [-0.15, -0.1) is 10.2 Å². The van der Waals surface area contributed by atoms with Crippen LogP contribution in [0, 0.1) is 5.82 Å². The summed E-state index contributed by atoms with van der Waals surface area (Å²) in [7, 11) is 0. The molecule has 1 unspecified atom stereocenters. The van der Waals surface area contributed by atoms with Gasteiger partial charge in [0, 0.05) is 10.6 Å². The van der Waals surface area contributed by atoms with Crippen molar-refractivity contribution in [2.75, 3.05) is 0 Å². The molecule has 0 aliphatic heterocycles. The molecule has 16 heteroatoms. The fourth-order valence-electron chi connectivity index (χ4n) is 3.36. The number of halogens is 6. The summed E-state index contributed by atoms with van der Waals surface area (Å²) in [4.78, 5) is 28.9. The van der Waals surface area contributed by atoms with E-state index in [2.05, 4.69) is 15.2 Å². The summed E-state index contributed by atoms with van der Waals surface area (Å²) in [6, 6.07) is 9.43. The van der Waals surface area contributed by atoms with Crippen LogP contribution in [-0.4, -0.2) is 52.4 Å². The Morgan fingerprint density at radius 3 is 2.38 bits per heavy atom. The highest BCUT2D eigenvalue weighted by Crippen LogP contribution is 2.25. The Morgan fingerprint density at radius 2 is 1.78 bits per heavy atom. The smallest absolute Gasteiger partial charge is 0.382 e. The number of hydrogen-bond acceptors (Lipinski definition) is 6. The number of benzene rings is 2. The molecule has 4 rings (SSSR count). The van der Waals surface area contributed by atoms with Crippen molar-refractivity contribution >= 4 is 29.1 Å². The van der Waals surface area contributed by atoms with Gasteiger partial charge < -0.3 is 10.8 Å². The number of carbonyl (C=O) groups is 1. The monoisotopic (exact) mass is 559 g/mol. The van der Waals surface area contributed by atoms with Gasteiger partial charge in [0.2, 0.25) is 5.82 Å². The molecule has 0 spiro atoms. The molecule has 37 heavy (non-hydrogen) atoms. The van der Waals surface area contributed by atoms with Gasteiger partial charge in [-0.05, 0) is 36.4 Å². The van der Waals surface area contributed by atoms with Gasteiger partial charge in [-0.1, -0.05) is 29.3 Å². The van der Waals surface area contributed by atoms with Gasteiger partial charge in [0.25, 0.3) is 5.91 Å². The summed E-state index contributed by atoms with van der Waals surface area (Å²) in [6.45, 7) is -1.70. The van der Waals surface area contributed by atoms with Crippen LogP contribution in [0.4, 0.5) is 17.6 Å². The fraction of sp³-hybridized carbons (Fsp3) is 0.190. The number of nitrogens with two attached hydrogens (primary N) is 1. The highest BCUT2D eigenvalue weighted by molar-refractivity contribution is 6.32. The Labute approximate surface area is 214 Å². The first-order chi connectivity index (χ1) is 17.4. The van der Waals surface area contributed by atoms with E-state index in [-0.39, 0.29) is 27.9 Å². The maximum atomic E-state index is 14.4. The van der Waals surface area contributed by atoms with Crippen LogP contribution in [0.5, 0.6) is 0 Å². The van der Waals surface area contributed by atoms with E-state index in [4.69, 9.17) is 28.9 Å². The van der Waals surface area contributed by atoms with Gasteiger partial charge in [0.05, 0.1) is 11.6 Å². The number of carbonyl (C=O) groups excluding carboxylic acids is 1. The van der Waals surface area contributed by atoms with E-state index in [0.29, 0.717) is 9.59 Å². The molecule has 2 aromatic carbocycles. The average Bonchev–Trinajstić information content (AvgIpc) is 3.36. The third-order valence-corrected chi connectivity index (χ3v) is 5.63. The molecule has 0 bridgehead atoms. The highest BCUT2D eigenvalue weighted by Gasteiger charge is 2.39. The number of para-hydroxylation sites is 1. The van der Waals surface area contributed by atoms with Crippen LogP contribution in [0.25, 0.3) is 17.1 Å². The lowest BCUT2D eigenvalue weighted by Gasteiger charge is -2.15. The summed E-state index contributed by atoms with van der Waals surface area (Å²) >= 11 is 11.9. The molecule has 3 N–H and O–H groups in total. The first-order valence-electron chi connectivity index (χ1n) is 10.2. The summed E-state index contributed by atoms with van der Waals surface area (Å²) in [5.41, 5.74) is 4.19. The third-order valence-electron chi connectivity index (χ3n) is 5.07. The quantitative estimate of drug-likeness (QED) is 0.334. The van der Waals surface area contributed by atoms with E-state index in [1.54, 1.807) is 0 Å². The number of amides is 1. The molecule has 0 saturated heterocycles. The summed E-state index contributed by atoms with van der Waals surface area (Å²) in [5, 5.41) is 17.9. The van der Waals surface area contributed by atoms with Crippen molar-refractivity contribution in [1.29, 1.82) is 0 Å². The van der Waals surface area contributed by atoms with E-state index in [9.17, 15) is 32.3 Å². The second-order valence-electron chi connectivity index (χ2n) is 7.64. The van der Waals surface area contributed by atoms with Crippen molar-refractivity contribution in [1.82, 2.24) is 29.1 Å². The van der Waals surface area contributed by atoms with Crippen molar-refractivity contribution in [3.63, 3.8) is 0 Å². The van der Waals surface area contributed by atoms with Crippen LogP contribution in [0.1, 0.15) is 16.4 Å².